The molecule has 1 aliphatic heterocycles. The molecule has 88 valence electrons. The van der Waals surface area contributed by atoms with E-state index < -0.39 is 17.5 Å². The molecular formula is C11H11BrF3N. The summed E-state index contributed by atoms with van der Waals surface area (Å²) in [6.45, 7) is 1.33. The van der Waals surface area contributed by atoms with Gasteiger partial charge in [-0.1, -0.05) is 0 Å². The van der Waals surface area contributed by atoms with E-state index in [1.807, 2.05) is 0 Å². The van der Waals surface area contributed by atoms with E-state index in [2.05, 4.69) is 21.2 Å². The smallest absolute Gasteiger partial charge is 0.165 e. The summed E-state index contributed by atoms with van der Waals surface area (Å²) in [5.74, 6) is -3.04. The maximum absolute atomic E-state index is 13.7. The predicted molar refractivity (Wildman–Crippen MR) is 58.9 cm³/mol. The maximum Gasteiger partial charge on any atom is 0.165 e. The van der Waals surface area contributed by atoms with Crippen molar-refractivity contribution in [2.75, 3.05) is 13.1 Å². The molecule has 2 rings (SSSR count). The third-order valence-corrected chi connectivity index (χ3v) is 3.43. The van der Waals surface area contributed by atoms with E-state index in [1.54, 1.807) is 0 Å². The first kappa shape index (κ1) is 11.9. The van der Waals surface area contributed by atoms with Crippen molar-refractivity contribution >= 4 is 15.9 Å². The first-order valence-corrected chi connectivity index (χ1v) is 5.94. The van der Waals surface area contributed by atoms with Crippen LogP contribution in [0.5, 0.6) is 0 Å². The lowest BCUT2D eigenvalue weighted by Gasteiger charge is -2.24. The van der Waals surface area contributed by atoms with Crippen LogP contribution in [0.3, 0.4) is 0 Å². The number of halogens is 4. The topological polar surface area (TPSA) is 12.0 Å². The van der Waals surface area contributed by atoms with Gasteiger partial charge in [0.05, 0.1) is 4.47 Å². The Kier molecular flexibility index (Phi) is 3.54. The number of piperidine rings is 1. The molecule has 1 aliphatic rings. The first-order valence-electron chi connectivity index (χ1n) is 5.15. The first-order chi connectivity index (χ1) is 7.61. The molecule has 1 fully saturated rings. The van der Waals surface area contributed by atoms with Gasteiger partial charge in [-0.3, -0.25) is 0 Å². The Morgan fingerprint density at radius 3 is 2.62 bits per heavy atom. The van der Waals surface area contributed by atoms with Gasteiger partial charge in [-0.25, -0.2) is 13.2 Å². The summed E-state index contributed by atoms with van der Waals surface area (Å²) in [6, 6.07) is 0.824. The molecule has 0 aromatic heterocycles. The molecule has 16 heavy (non-hydrogen) atoms. The molecule has 1 aromatic rings. The molecule has 0 saturated carbocycles. The molecule has 1 atom stereocenters. The zero-order valence-corrected chi connectivity index (χ0v) is 10.1. The summed E-state index contributed by atoms with van der Waals surface area (Å²) < 4.78 is 40.5. The summed E-state index contributed by atoms with van der Waals surface area (Å²) in [6.07, 6.45) is 1.52. The van der Waals surface area contributed by atoms with Gasteiger partial charge in [0, 0.05) is 18.0 Å². The molecule has 1 aromatic carbocycles. The van der Waals surface area contributed by atoms with Gasteiger partial charge in [0.15, 0.2) is 11.6 Å². The Bertz CT molecular complexity index is 376. The van der Waals surface area contributed by atoms with Crippen LogP contribution in [-0.2, 0) is 0 Å². The van der Waals surface area contributed by atoms with Crippen LogP contribution < -0.4 is 5.32 Å². The maximum atomic E-state index is 13.7. The van der Waals surface area contributed by atoms with E-state index in [-0.39, 0.29) is 16.0 Å². The number of benzene rings is 1. The highest BCUT2D eigenvalue weighted by atomic mass is 79.9. The van der Waals surface area contributed by atoms with Gasteiger partial charge in [-0.05, 0) is 41.4 Å². The van der Waals surface area contributed by atoms with E-state index in [9.17, 15) is 13.2 Å². The molecule has 1 unspecified atom stereocenters. The highest BCUT2D eigenvalue weighted by Crippen LogP contribution is 2.32. The molecule has 5 heteroatoms. The van der Waals surface area contributed by atoms with Gasteiger partial charge in [-0.15, -0.1) is 0 Å². The Morgan fingerprint density at radius 1 is 1.25 bits per heavy atom. The standard InChI is InChI=1S/C11H11BrF3N/c12-7-4-8(13)11(15)9(10(7)14)6-2-1-3-16-5-6/h4,6,16H,1-3,5H2. The van der Waals surface area contributed by atoms with Crippen LogP contribution in [0.2, 0.25) is 0 Å². The largest absolute Gasteiger partial charge is 0.316 e. The fourth-order valence-corrected chi connectivity index (χ4v) is 2.46. The van der Waals surface area contributed by atoms with Crippen molar-refractivity contribution in [3.63, 3.8) is 0 Å². The van der Waals surface area contributed by atoms with Crippen molar-refractivity contribution in [1.82, 2.24) is 5.32 Å². The molecule has 1 saturated heterocycles. The third-order valence-electron chi connectivity index (χ3n) is 2.85. The van der Waals surface area contributed by atoms with Gasteiger partial charge < -0.3 is 5.32 Å². The summed E-state index contributed by atoms with van der Waals surface area (Å²) in [7, 11) is 0. The number of nitrogens with one attached hydrogen (secondary N) is 1. The normalized spacial score (nSPS) is 21.1. The third kappa shape index (κ3) is 2.11. The van der Waals surface area contributed by atoms with E-state index in [4.69, 9.17) is 0 Å². The summed E-state index contributed by atoms with van der Waals surface area (Å²) >= 11 is 2.90. The number of rotatable bonds is 1. The average Bonchev–Trinajstić information content (AvgIpc) is 2.28. The molecule has 0 bridgehead atoms. The van der Waals surface area contributed by atoms with Crippen molar-refractivity contribution in [2.45, 2.75) is 18.8 Å². The second kappa shape index (κ2) is 4.75. The van der Waals surface area contributed by atoms with E-state index in [0.29, 0.717) is 13.0 Å². The van der Waals surface area contributed by atoms with E-state index in [0.717, 1.165) is 19.0 Å². The fraction of sp³-hybridized carbons (Fsp3) is 0.455. The van der Waals surface area contributed by atoms with Crippen molar-refractivity contribution in [3.05, 3.63) is 33.6 Å². The minimum atomic E-state index is -1.06. The Balaban J connectivity index is 2.45. The highest BCUT2D eigenvalue weighted by Gasteiger charge is 2.26. The van der Waals surface area contributed by atoms with Gasteiger partial charge in [-0.2, -0.15) is 0 Å². The second-order valence-electron chi connectivity index (χ2n) is 3.93. The van der Waals surface area contributed by atoms with Gasteiger partial charge >= 0.3 is 0 Å². The number of hydrogen-bond donors (Lipinski definition) is 1. The van der Waals surface area contributed by atoms with E-state index >= 15 is 0 Å². The quantitative estimate of drug-likeness (QED) is 0.783. The number of hydrogen-bond acceptors (Lipinski definition) is 1. The molecule has 1 N–H and O–H groups in total. The van der Waals surface area contributed by atoms with Crippen LogP contribution >= 0.6 is 15.9 Å². The van der Waals surface area contributed by atoms with Crippen LogP contribution in [0, 0.1) is 17.5 Å². The highest BCUT2D eigenvalue weighted by molar-refractivity contribution is 9.10. The molecule has 0 radical (unpaired) electrons. The summed E-state index contributed by atoms with van der Waals surface area (Å²) in [5, 5.41) is 3.06. The van der Waals surface area contributed by atoms with Crippen LogP contribution in [0.4, 0.5) is 13.2 Å². The van der Waals surface area contributed by atoms with Crippen molar-refractivity contribution in [2.24, 2.45) is 0 Å². The van der Waals surface area contributed by atoms with Gasteiger partial charge in [0.2, 0.25) is 0 Å². The lowest BCUT2D eigenvalue weighted by Crippen LogP contribution is -2.29. The zero-order valence-electron chi connectivity index (χ0n) is 8.49. The monoisotopic (exact) mass is 293 g/mol. The lowest BCUT2D eigenvalue weighted by atomic mass is 9.91. The Labute approximate surface area is 100 Å². The molecule has 0 spiro atoms. The van der Waals surface area contributed by atoms with Crippen LogP contribution in [0.1, 0.15) is 24.3 Å². The van der Waals surface area contributed by atoms with Crippen molar-refractivity contribution < 1.29 is 13.2 Å². The lowest BCUT2D eigenvalue weighted by molar-refractivity contribution is 0.410. The summed E-state index contributed by atoms with van der Waals surface area (Å²) in [4.78, 5) is 0. The van der Waals surface area contributed by atoms with Gasteiger partial charge in [0.25, 0.3) is 0 Å². The Morgan fingerprint density at radius 2 is 2.00 bits per heavy atom. The molecule has 0 aliphatic carbocycles. The van der Waals surface area contributed by atoms with Crippen molar-refractivity contribution in [3.8, 4) is 0 Å². The average molecular weight is 294 g/mol. The SMILES string of the molecule is Fc1cc(Br)c(F)c(C2CCCNC2)c1F. The van der Waals surface area contributed by atoms with Crippen molar-refractivity contribution in [1.29, 1.82) is 0 Å². The molecule has 0 amide bonds. The summed E-state index contributed by atoms with van der Waals surface area (Å²) in [5.41, 5.74) is -0.140. The van der Waals surface area contributed by atoms with Crippen LogP contribution in [0.15, 0.2) is 10.5 Å². The Hall–Kier alpha value is -0.550. The predicted octanol–water partition coefficient (Wildman–Crippen LogP) is 3.33. The minimum absolute atomic E-state index is 0.0213. The second-order valence-corrected chi connectivity index (χ2v) is 4.78. The minimum Gasteiger partial charge on any atom is -0.316 e. The van der Waals surface area contributed by atoms with Crippen LogP contribution in [-0.4, -0.2) is 13.1 Å². The zero-order chi connectivity index (χ0) is 11.7. The van der Waals surface area contributed by atoms with Crippen LogP contribution in [0.25, 0.3) is 0 Å². The fourth-order valence-electron chi connectivity index (χ4n) is 2.05. The molecule has 1 nitrogen and oxygen atoms in total. The molecule has 1 heterocycles. The molecular weight excluding hydrogens is 283 g/mol. The van der Waals surface area contributed by atoms with E-state index in [1.165, 1.54) is 0 Å². The van der Waals surface area contributed by atoms with Gasteiger partial charge in [0.1, 0.15) is 5.82 Å².